The van der Waals surface area contributed by atoms with Crippen molar-refractivity contribution < 1.29 is 9.59 Å². The van der Waals surface area contributed by atoms with Crippen LogP contribution < -0.4 is 16.4 Å². The zero-order valence-electron chi connectivity index (χ0n) is 10.0. The molecule has 0 aliphatic heterocycles. The molecule has 1 saturated carbocycles. The first-order valence-corrected chi connectivity index (χ1v) is 6.03. The number of aromatic amines is 1. The van der Waals surface area contributed by atoms with E-state index in [1.165, 1.54) is 6.07 Å². The number of amides is 2. The molecule has 2 amide bonds. The summed E-state index contributed by atoms with van der Waals surface area (Å²) in [7, 11) is 0. The molecule has 0 bridgehead atoms. The minimum atomic E-state index is -0.262. The van der Waals surface area contributed by atoms with Crippen LogP contribution in [0.1, 0.15) is 36.2 Å². The Kier molecular flexibility index (Phi) is 3.81. The maximum Gasteiger partial charge on any atom is 0.269 e. The Morgan fingerprint density at radius 2 is 2.28 bits per heavy atom. The van der Waals surface area contributed by atoms with Crippen molar-refractivity contribution in [1.29, 1.82) is 0 Å². The number of nitrogens with one attached hydrogen (secondary N) is 3. The Morgan fingerprint density at radius 3 is 2.89 bits per heavy atom. The molecular weight excluding hydrogens is 234 g/mol. The average molecular weight is 251 g/mol. The number of anilines is 1. The van der Waals surface area contributed by atoms with Crippen molar-refractivity contribution >= 4 is 17.6 Å². The highest BCUT2D eigenvalue weighted by molar-refractivity contribution is 5.92. The number of aromatic nitrogens is 2. The topological polar surface area (TPSA) is 113 Å². The molecule has 98 valence electrons. The third-order valence-electron chi connectivity index (χ3n) is 2.65. The van der Waals surface area contributed by atoms with Crippen LogP contribution in [-0.4, -0.2) is 34.6 Å². The van der Waals surface area contributed by atoms with Gasteiger partial charge in [-0.05, 0) is 19.3 Å². The maximum atomic E-state index is 11.6. The van der Waals surface area contributed by atoms with E-state index in [2.05, 4.69) is 20.8 Å². The molecule has 0 radical (unpaired) electrons. The van der Waals surface area contributed by atoms with Crippen molar-refractivity contribution in [2.75, 3.05) is 12.3 Å². The van der Waals surface area contributed by atoms with Gasteiger partial charge in [-0.25, -0.2) is 0 Å². The molecule has 0 saturated heterocycles. The van der Waals surface area contributed by atoms with Crippen LogP contribution in [-0.2, 0) is 4.79 Å². The summed E-state index contributed by atoms with van der Waals surface area (Å²) in [4.78, 5) is 22.9. The van der Waals surface area contributed by atoms with Crippen molar-refractivity contribution in [3.63, 3.8) is 0 Å². The first-order valence-electron chi connectivity index (χ1n) is 6.03. The van der Waals surface area contributed by atoms with E-state index in [0.29, 0.717) is 31.1 Å². The largest absolute Gasteiger partial charge is 0.382 e. The Morgan fingerprint density at radius 1 is 1.50 bits per heavy atom. The molecule has 1 aliphatic rings. The summed E-state index contributed by atoms with van der Waals surface area (Å²) in [6.45, 7) is 0.454. The second-order valence-electron chi connectivity index (χ2n) is 4.41. The Hall–Kier alpha value is -2.05. The fourth-order valence-corrected chi connectivity index (χ4v) is 1.53. The van der Waals surface area contributed by atoms with E-state index in [1.807, 2.05) is 0 Å². The summed E-state index contributed by atoms with van der Waals surface area (Å²) < 4.78 is 0. The highest BCUT2D eigenvalue weighted by atomic mass is 16.2. The molecule has 1 fully saturated rings. The summed E-state index contributed by atoms with van der Waals surface area (Å²) in [6, 6.07) is 1.86. The fraction of sp³-hybridized carbons (Fsp3) is 0.545. The summed E-state index contributed by atoms with van der Waals surface area (Å²) in [5, 5.41) is 11.8. The van der Waals surface area contributed by atoms with Crippen LogP contribution in [0.15, 0.2) is 6.07 Å². The van der Waals surface area contributed by atoms with Crippen molar-refractivity contribution in [3.8, 4) is 0 Å². The molecule has 7 nitrogen and oxygen atoms in total. The first kappa shape index (κ1) is 12.4. The van der Waals surface area contributed by atoms with Crippen molar-refractivity contribution in [2.45, 2.75) is 31.7 Å². The lowest BCUT2D eigenvalue weighted by Crippen LogP contribution is -2.28. The first-order chi connectivity index (χ1) is 8.65. The summed E-state index contributed by atoms with van der Waals surface area (Å²) in [5.41, 5.74) is 5.72. The van der Waals surface area contributed by atoms with Gasteiger partial charge in [0.2, 0.25) is 5.91 Å². The predicted molar refractivity (Wildman–Crippen MR) is 65.7 cm³/mol. The molecule has 1 aromatic rings. The molecule has 2 rings (SSSR count). The molecule has 1 aromatic heterocycles. The van der Waals surface area contributed by atoms with E-state index in [9.17, 15) is 9.59 Å². The quantitative estimate of drug-likeness (QED) is 0.523. The summed E-state index contributed by atoms with van der Waals surface area (Å²) >= 11 is 0. The standard InChI is InChI=1S/C11H17N5O2/c12-9-6-8(15-16-9)11(18)13-5-1-2-10(17)14-7-3-4-7/h6-7H,1-5H2,(H,13,18)(H,14,17)(H3,12,15,16). The number of hydrogen-bond acceptors (Lipinski definition) is 4. The van der Waals surface area contributed by atoms with Gasteiger partial charge in [0.1, 0.15) is 11.5 Å². The highest BCUT2D eigenvalue weighted by Crippen LogP contribution is 2.18. The van der Waals surface area contributed by atoms with Crippen LogP contribution in [0.2, 0.25) is 0 Å². The molecule has 18 heavy (non-hydrogen) atoms. The number of H-pyrrole nitrogens is 1. The maximum absolute atomic E-state index is 11.6. The van der Waals surface area contributed by atoms with Gasteiger partial charge in [0.05, 0.1) is 0 Å². The minimum Gasteiger partial charge on any atom is -0.382 e. The second kappa shape index (κ2) is 5.52. The molecule has 7 heteroatoms. The molecule has 1 aliphatic carbocycles. The van der Waals surface area contributed by atoms with E-state index in [0.717, 1.165) is 12.8 Å². The summed E-state index contributed by atoms with van der Waals surface area (Å²) in [5.74, 6) is 0.0725. The molecule has 0 spiro atoms. The average Bonchev–Trinajstić information content (AvgIpc) is 3.03. The van der Waals surface area contributed by atoms with Crippen molar-refractivity contribution in [2.24, 2.45) is 0 Å². The monoisotopic (exact) mass is 251 g/mol. The zero-order chi connectivity index (χ0) is 13.0. The van der Waals surface area contributed by atoms with E-state index in [4.69, 9.17) is 5.73 Å². The van der Waals surface area contributed by atoms with Crippen LogP contribution in [0.5, 0.6) is 0 Å². The number of nitrogens with zero attached hydrogens (tertiary/aromatic N) is 1. The van der Waals surface area contributed by atoms with Crippen molar-refractivity contribution in [3.05, 3.63) is 11.8 Å². The fourth-order valence-electron chi connectivity index (χ4n) is 1.53. The van der Waals surface area contributed by atoms with Gasteiger partial charge in [-0.15, -0.1) is 0 Å². The van der Waals surface area contributed by atoms with E-state index >= 15 is 0 Å². The number of carbonyl (C=O) groups excluding carboxylic acids is 2. The second-order valence-corrected chi connectivity index (χ2v) is 4.41. The van der Waals surface area contributed by atoms with Gasteiger partial charge < -0.3 is 16.4 Å². The molecular formula is C11H17N5O2. The van der Waals surface area contributed by atoms with Gasteiger partial charge in [0, 0.05) is 25.1 Å². The predicted octanol–water partition coefficient (Wildman–Crippen LogP) is -0.220. The number of nitrogen functional groups attached to an aromatic ring is 1. The third-order valence-corrected chi connectivity index (χ3v) is 2.65. The van der Waals surface area contributed by atoms with Gasteiger partial charge in [-0.1, -0.05) is 0 Å². The lowest BCUT2D eigenvalue weighted by Gasteiger charge is -2.04. The number of nitrogens with two attached hydrogens (primary N) is 1. The molecule has 5 N–H and O–H groups in total. The van der Waals surface area contributed by atoms with Crippen molar-refractivity contribution in [1.82, 2.24) is 20.8 Å². The van der Waals surface area contributed by atoms with Crippen LogP contribution >= 0.6 is 0 Å². The third kappa shape index (κ3) is 3.76. The molecule has 1 heterocycles. The van der Waals surface area contributed by atoms with Gasteiger partial charge >= 0.3 is 0 Å². The Balaban J connectivity index is 1.59. The molecule has 0 unspecified atom stereocenters. The van der Waals surface area contributed by atoms with Crippen LogP contribution in [0, 0.1) is 0 Å². The highest BCUT2D eigenvalue weighted by Gasteiger charge is 2.22. The van der Waals surface area contributed by atoms with Crippen LogP contribution in [0.25, 0.3) is 0 Å². The Bertz CT molecular complexity index is 438. The Labute approximate surface area is 105 Å². The normalized spacial score (nSPS) is 14.2. The lowest BCUT2D eigenvalue weighted by molar-refractivity contribution is -0.121. The van der Waals surface area contributed by atoms with Gasteiger partial charge in [0.15, 0.2) is 0 Å². The van der Waals surface area contributed by atoms with Gasteiger partial charge in [0.25, 0.3) is 5.91 Å². The minimum absolute atomic E-state index is 0.0533. The summed E-state index contributed by atoms with van der Waals surface area (Å²) in [6.07, 6.45) is 3.23. The van der Waals surface area contributed by atoms with E-state index < -0.39 is 0 Å². The van der Waals surface area contributed by atoms with E-state index in [1.54, 1.807) is 0 Å². The molecule has 0 atom stereocenters. The lowest BCUT2D eigenvalue weighted by atomic mass is 10.3. The number of rotatable bonds is 6. The van der Waals surface area contributed by atoms with Gasteiger partial charge in [-0.3, -0.25) is 14.7 Å². The number of carbonyl (C=O) groups is 2. The van der Waals surface area contributed by atoms with Gasteiger partial charge in [-0.2, -0.15) is 5.10 Å². The molecule has 0 aromatic carbocycles. The SMILES string of the molecule is Nc1cc(C(=O)NCCCC(=O)NC2CC2)[nH]n1. The van der Waals surface area contributed by atoms with Crippen LogP contribution in [0.3, 0.4) is 0 Å². The van der Waals surface area contributed by atoms with Crippen LogP contribution in [0.4, 0.5) is 5.82 Å². The number of hydrogen-bond donors (Lipinski definition) is 4. The smallest absolute Gasteiger partial charge is 0.269 e. The van der Waals surface area contributed by atoms with E-state index in [-0.39, 0.29) is 17.6 Å². The zero-order valence-corrected chi connectivity index (χ0v) is 10.0.